The second-order valence-corrected chi connectivity index (χ2v) is 5.76. The lowest BCUT2D eigenvalue weighted by Gasteiger charge is -2.34. The van der Waals surface area contributed by atoms with E-state index in [0.29, 0.717) is 12.1 Å². The Morgan fingerprint density at radius 2 is 1.78 bits per heavy atom. The number of carbonyl (C=O) groups excluding carboxylic acids is 2. The molecule has 120 valence electrons. The van der Waals surface area contributed by atoms with Crippen LogP contribution in [0.15, 0.2) is 48.8 Å². The zero-order chi connectivity index (χ0) is 16.2. The smallest absolute Gasteiger partial charge is 0.254 e. The molecule has 0 aliphatic carbocycles. The fourth-order valence-electron chi connectivity index (χ4n) is 3.06. The number of aromatic nitrogens is 1. The molecule has 1 aromatic carbocycles. The standard InChI is InChI=1S/C18H21N3O2/c1-19-17(22)16-6-2-3-13-21(16)18(23)14-7-9-15(10-8-14)20-11-4-5-12-20/h4-5,7-12,16H,2-3,6,13H2,1H3,(H,19,22)/t16-/m1/s1. The number of nitrogens with one attached hydrogen (secondary N) is 1. The quantitative estimate of drug-likeness (QED) is 0.945. The molecule has 1 atom stereocenters. The van der Waals surface area contributed by atoms with Crippen molar-refractivity contribution in [1.29, 1.82) is 0 Å². The Kier molecular flexibility index (Phi) is 4.46. The summed E-state index contributed by atoms with van der Waals surface area (Å²) in [5.74, 6) is -0.153. The molecule has 2 heterocycles. The van der Waals surface area contributed by atoms with Crippen molar-refractivity contribution in [2.75, 3.05) is 13.6 Å². The van der Waals surface area contributed by atoms with Gasteiger partial charge in [-0.2, -0.15) is 0 Å². The van der Waals surface area contributed by atoms with Gasteiger partial charge >= 0.3 is 0 Å². The average Bonchev–Trinajstić information content (AvgIpc) is 3.15. The number of carbonyl (C=O) groups is 2. The van der Waals surface area contributed by atoms with E-state index in [1.165, 1.54) is 0 Å². The van der Waals surface area contributed by atoms with E-state index >= 15 is 0 Å². The maximum Gasteiger partial charge on any atom is 0.254 e. The van der Waals surface area contributed by atoms with E-state index in [0.717, 1.165) is 24.9 Å². The largest absolute Gasteiger partial charge is 0.357 e. The normalized spacial score (nSPS) is 17.8. The summed E-state index contributed by atoms with van der Waals surface area (Å²) < 4.78 is 1.99. The molecule has 2 aromatic rings. The number of amides is 2. The Labute approximate surface area is 135 Å². The molecule has 0 spiro atoms. The van der Waals surface area contributed by atoms with Crippen LogP contribution in [0.2, 0.25) is 0 Å². The molecule has 1 aliphatic rings. The Bertz CT molecular complexity index is 677. The van der Waals surface area contributed by atoms with Gasteiger partial charge in [-0.15, -0.1) is 0 Å². The second-order valence-electron chi connectivity index (χ2n) is 5.76. The molecule has 1 aromatic heterocycles. The van der Waals surface area contributed by atoms with Crippen molar-refractivity contribution < 1.29 is 9.59 Å². The first-order valence-corrected chi connectivity index (χ1v) is 7.96. The van der Waals surface area contributed by atoms with Crippen LogP contribution < -0.4 is 5.32 Å². The van der Waals surface area contributed by atoms with Crippen molar-refractivity contribution in [2.45, 2.75) is 25.3 Å². The van der Waals surface area contributed by atoms with Gasteiger partial charge in [-0.3, -0.25) is 9.59 Å². The molecular formula is C18H21N3O2. The molecular weight excluding hydrogens is 290 g/mol. The molecule has 3 rings (SSSR count). The minimum absolute atomic E-state index is 0.0719. The molecule has 0 saturated carbocycles. The lowest BCUT2D eigenvalue weighted by Crippen LogP contribution is -2.51. The number of likely N-dealkylation sites (N-methyl/N-ethyl adjacent to an activating group) is 1. The van der Waals surface area contributed by atoms with Gasteiger partial charge in [0, 0.05) is 37.2 Å². The summed E-state index contributed by atoms with van der Waals surface area (Å²) in [4.78, 5) is 26.5. The predicted molar refractivity (Wildman–Crippen MR) is 88.5 cm³/mol. The van der Waals surface area contributed by atoms with Gasteiger partial charge in [0.25, 0.3) is 5.91 Å². The van der Waals surface area contributed by atoms with Crippen LogP contribution in [0, 0.1) is 0 Å². The summed E-state index contributed by atoms with van der Waals surface area (Å²) in [7, 11) is 1.62. The van der Waals surface area contributed by atoms with Gasteiger partial charge in [-0.05, 0) is 55.7 Å². The van der Waals surface area contributed by atoms with Crippen molar-refractivity contribution in [3.8, 4) is 5.69 Å². The molecule has 0 unspecified atom stereocenters. The van der Waals surface area contributed by atoms with Gasteiger partial charge in [0.15, 0.2) is 0 Å². The number of piperidine rings is 1. The Hall–Kier alpha value is -2.56. The molecule has 1 fully saturated rings. The number of likely N-dealkylation sites (tertiary alicyclic amines) is 1. The van der Waals surface area contributed by atoms with E-state index in [4.69, 9.17) is 0 Å². The highest BCUT2D eigenvalue weighted by atomic mass is 16.2. The van der Waals surface area contributed by atoms with E-state index < -0.39 is 0 Å². The van der Waals surface area contributed by atoms with Crippen LogP contribution in [-0.2, 0) is 4.79 Å². The van der Waals surface area contributed by atoms with Gasteiger partial charge in [0.1, 0.15) is 6.04 Å². The molecule has 1 N–H and O–H groups in total. The average molecular weight is 311 g/mol. The Balaban J connectivity index is 1.80. The van der Waals surface area contributed by atoms with E-state index in [9.17, 15) is 9.59 Å². The van der Waals surface area contributed by atoms with Crippen LogP contribution in [-0.4, -0.2) is 40.9 Å². The number of nitrogens with zero attached hydrogens (tertiary/aromatic N) is 2. The zero-order valence-corrected chi connectivity index (χ0v) is 13.2. The SMILES string of the molecule is CNC(=O)[C@H]1CCCCN1C(=O)c1ccc(-n2cccc2)cc1. The summed E-state index contributed by atoms with van der Waals surface area (Å²) in [6.45, 7) is 0.635. The lowest BCUT2D eigenvalue weighted by atomic mass is 10.00. The predicted octanol–water partition coefficient (Wildman–Crippen LogP) is 2.22. The van der Waals surface area contributed by atoms with E-state index in [1.807, 2.05) is 53.4 Å². The first kappa shape index (κ1) is 15.3. The number of hydrogen-bond donors (Lipinski definition) is 1. The van der Waals surface area contributed by atoms with E-state index in [-0.39, 0.29) is 17.9 Å². The fourth-order valence-corrected chi connectivity index (χ4v) is 3.06. The number of benzene rings is 1. The molecule has 2 amide bonds. The second kappa shape index (κ2) is 6.69. The van der Waals surface area contributed by atoms with Gasteiger partial charge in [0.2, 0.25) is 5.91 Å². The summed E-state index contributed by atoms with van der Waals surface area (Å²) >= 11 is 0. The topological polar surface area (TPSA) is 54.3 Å². The van der Waals surface area contributed by atoms with Gasteiger partial charge in [-0.25, -0.2) is 0 Å². The highest BCUT2D eigenvalue weighted by molar-refractivity contribution is 5.97. The highest BCUT2D eigenvalue weighted by Gasteiger charge is 2.31. The van der Waals surface area contributed by atoms with Gasteiger partial charge < -0.3 is 14.8 Å². The first-order valence-electron chi connectivity index (χ1n) is 7.96. The van der Waals surface area contributed by atoms with Crippen LogP contribution in [0.4, 0.5) is 0 Å². The minimum Gasteiger partial charge on any atom is -0.357 e. The van der Waals surface area contributed by atoms with Crippen LogP contribution >= 0.6 is 0 Å². The summed E-state index contributed by atoms with van der Waals surface area (Å²) in [6.07, 6.45) is 6.58. The van der Waals surface area contributed by atoms with Crippen molar-refractivity contribution in [3.05, 3.63) is 54.4 Å². The fraction of sp³-hybridized carbons (Fsp3) is 0.333. The van der Waals surface area contributed by atoms with E-state index in [2.05, 4.69) is 5.32 Å². The maximum absolute atomic E-state index is 12.8. The van der Waals surface area contributed by atoms with Crippen LogP contribution in [0.3, 0.4) is 0 Å². The summed E-state index contributed by atoms with van der Waals surface area (Å²) in [5, 5.41) is 2.66. The number of rotatable bonds is 3. The maximum atomic E-state index is 12.8. The molecule has 1 aliphatic heterocycles. The Morgan fingerprint density at radius 3 is 2.43 bits per heavy atom. The lowest BCUT2D eigenvalue weighted by molar-refractivity contribution is -0.126. The van der Waals surface area contributed by atoms with Crippen LogP contribution in [0.1, 0.15) is 29.6 Å². The number of hydrogen-bond acceptors (Lipinski definition) is 2. The first-order chi connectivity index (χ1) is 11.2. The molecule has 0 bridgehead atoms. The molecule has 5 nitrogen and oxygen atoms in total. The molecule has 0 radical (unpaired) electrons. The highest BCUT2D eigenvalue weighted by Crippen LogP contribution is 2.20. The summed E-state index contributed by atoms with van der Waals surface area (Å²) in [5.41, 5.74) is 1.63. The van der Waals surface area contributed by atoms with E-state index in [1.54, 1.807) is 11.9 Å². The minimum atomic E-state index is -0.356. The molecule has 23 heavy (non-hydrogen) atoms. The van der Waals surface area contributed by atoms with Crippen LogP contribution in [0.5, 0.6) is 0 Å². The van der Waals surface area contributed by atoms with Crippen molar-refractivity contribution in [1.82, 2.24) is 14.8 Å². The molecule has 5 heteroatoms. The molecule has 1 saturated heterocycles. The third-order valence-electron chi connectivity index (χ3n) is 4.33. The van der Waals surface area contributed by atoms with Crippen molar-refractivity contribution in [3.63, 3.8) is 0 Å². The van der Waals surface area contributed by atoms with Crippen molar-refractivity contribution >= 4 is 11.8 Å². The third-order valence-corrected chi connectivity index (χ3v) is 4.33. The van der Waals surface area contributed by atoms with Crippen molar-refractivity contribution in [2.24, 2.45) is 0 Å². The van der Waals surface area contributed by atoms with Gasteiger partial charge in [0.05, 0.1) is 0 Å². The zero-order valence-electron chi connectivity index (χ0n) is 13.2. The van der Waals surface area contributed by atoms with Crippen LogP contribution in [0.25, 0.3) is 5.69 Å². The summed E-state index contributed by atoms with van der Waals surface area (Å²) in [6, 6.07) is 11.1. The van der Waals surface area contributed by atoms with Gasteiger partial charge in [-0.1, -0.05) is 0 Å². The Morgan fingerprint density at radius 1 is 1.09 bits per heavy atom. The third kappa shape index (κ3) is 3.13. The monoisotopic (exact) mass is 311 g/mol.